The number of likely N-dealkylation sites (tertiary alicyclic amines) is 1. The van der Waals surface area contributed by atoms with Crippen molar-refractivity contribution in [3.05, 3.63) is 54.1 Å². The Morgan fingerprint density at radius 1 is 0.893 bits per heavy atom. The molecule has 2 aliphatic heterocycles. The van der Waals surface area contributed by atoms with Crippen molar-refractivity contribution >= 4 is 41.3 Å². The van der Waals surface area contributed by atoms with E-state index in [4.69, 9.17) is 0 Å². The van der Waals surface area contributed by atoms with Crippen LogP contribution in [0, 0.1) is 0 Å². The fourth-order valence-electron chi connectivity index (χ4n) is 4.02. The number of piperidine rings is 1. The van der Waals surface area contributed by atoms with Gasteiger partial charge in [0, 0.05) is 20.0 Å². The zero-order valence-electron chi connectivity index (χ0n) is 16.1. The SMILES string of the molecule is CN1C(=O)c2ccccc2N(C(=O)CCN2CCCCC2)c2ccccc21.Cl. The summed E-state index contributed by atoms with van der Waals surface area (Å²) in [5.74, 6) is -0.0621. The van der Waals surface area contributed by atoms with E-state index in [1.165, 1.54) is 19.3 Å². The molecule has 0 aliphatic carbocycles. The number of carbonyl (C=O) groups excluding carboxylic acids is 2. The molecular formula is C22H26ClN3O2. The second kappa shape index (κ2) is 8.76. The maximum absolute atomic E-state index is 13.3. The van der Waals surface area contributed by atoms with Gasteiger partial charge in [0.1, 0.15) is 0 Å². The summed E-state index contributed by atoms with van der Waals surface area (Å²) >= 11 is 0. The molecule has 1 saturated heterocycles. The Morgan fingerprint density at radius 2 is 1.50 bits per heavy atom. The molecule has 6 heteroatoms. The highest BCUT2D eigenvalue weighted by atomic mass is 35.5. The molecule has 0 saturated carbocycles. The van der Waals surface area contributed by atoms with E-state index in [0.717, 1.165) is 31.0 Å². The van der Waals surface area contributed by atoms with E-state index in [-0.39, 0.29) is 24.2 Å². The summed E-state index contributed by atoms with van der Waals surface area (Å²) < 4.78 is 0. The van der Waals surface area contributed by atoms with Crippen molar-refractivity contribution < 1.29 is 9.59 Å². The van der Waals surface area contributed by atoms with Crippen LogP contribution in [0.25, 0.3) is 0 Å². The number of hydrogen-bond donors (Lipinski definition) is 0. The lowest BCUT2D eigenvalue weighted by Gasteiger charge is -2.28. The zero-order chi connectivity index (χ0) is 18.8. The summed E-state index contributed by atoms with van der Waals surface area (Å²) in [5.41, 5.74) is 2.75. The molecule has 2 amide bonds. The molecule has 0 spiro atoms. The molecule has 5 nitrogen and oxygen atoms in total. The average Bonchev–Trinajstić information content (AvgIpc) is 2.81. The standard InChI is InChI=1S/C22H25N3O2.ClH/c1-23-19-11-5-6-12-20(19)25(18-10-4-3-9-17(18)22(23)27)21(26)13-16-24-14-7-2-8-15-24;/h3-6,9-12H,2,7-8,13-16H2,1H3;1H. The van der Waals surface area contributed by atoms with Crippen molar-refractivity contribution in [1.29, 1.82) is 0 Å². The van der Waals surface area contributed by atoms with E-state index in [1.807, 2.05) is 42.5 Å². The van der Waals surface area contributed by atoms with Crippen LogP contribution in [0.1, 0.15) is 36.0 Å². The van der Waals surface area contributed by atoms with Crippen LogP contribution in [0.4, 0.5) is 17.1 Å². The molecule has 0 unspecified atom stereocenters. The monoisotopic (exact) mass is 399 g/mol. The van der Waals surface area contributed by atoms with Crippen LogP contribution >= 0.6 is 12.4 Å². The van der Waals surface area contributed by atoms with E-state index in [0.29, 0.717) is 17.7 Å². The highest BCUT2D eigenvalue weighted by Crippen LogP contribution is 2.40. The van der Waals surface area contributed by atoms with Crippen molar-refractivity contribution in [2.24, 2.45) is 0 Å². The Morgan fingerprint density at radius 3 is 2.21 bits per heavy atom. The van der Waals surface area contributed by atoms with Crippen LogP contribution in [0.5, 0.6) is 0 Å². The van der Waals surface area contributed by atoms with Gasteiger partial charge in [-0.1, -0.05) is 30.7 Å². The molecule has 2 aromatic rings. The van der Waals surface area contributed by atoms with Crippen molar-refractivity contribution in [3.63, 3.8) is 0 Å². The summed E-state index contributed by atoms with van der Waals surface area (Å²) in [5, 5.41) is 0. The summed E-state index contributed by atoms with van der Waals surface area (Å²) in [6, 6.07) is 15.0. The number of hydrogen-bond acceptors (Lipinski definition) is 3. The number of halogens is 1. The predicted molar refractivity (Wildman–Crippen MR) is 115 cm³/mol. The number of rotatable bonds is 3. The summed E-state index contributed by atoms with van der Waals surface area (Å²) in [7, 11) is 1.76. The highest BCUT2D eigenvalue weighted by molar-refractivity contribution is 6.18. The van der Waals surface area contributed by atoms with Gasteiger partial charge in [0.15, 0.2) is 0 Å². The predicted octanol–water partition coefficient (Wildman–Crippen LogP) is 4.24. The maximum Gasteiger partial charge on any atom is 0.260 e. The maximum atomic E-state index is 13.3. The minimum Gasteiger partial charge on any atom is -0.309 e. The Hall–Kier alpha value is -2.37. The van der Waals surface area contributed by atoms with Gasteiger partial charge in [-0.15, -0.1) is 12.4 Å². The lowest BCUT2D eigenvalue weighted by atomic mass is 10.1. The quantitative estimate of drug-likeness (QED) is 0.775. The van der Waals surface area contributed by atoms with Gasteiger partial charge in [0.05, 0.1) is 22.6 Å². The number of benzene rings is 2. The van der Waals surface area contributed by atoms with Gasteiger partial charge < -0.3 is 9.80 Å². The van der Waals surface area contributed by atoms with Crippen LogP contribution in [-0.4, -0.2) is 43.4 Å². The van der Waals surface area contributed by atoms with Gasteiger partial charge >= 0.3 is 0 Å². The Kier molecular flexibility index (Phi) is 6.37. The minimum absolute atomic E-state index is 0. The van der Waals surface area contributed by atoms with Gasteiger partial charge in [0.2, 0.25) is 5.91 Å². The van der Waals surface area contributed by atoms with Crippen LogP contribution in [0.2, 0.25) is 0 Å². The molecule has 2 aliphatic rings. The first-order valence-corrected chi connectivity index (χ1v) is 9.68. The van der Waals surface area contributed by atoms with Crippen LogP contribution in [0.15, 0.2) is 48.5 Å². The Bertz CT molecular complexity index is 864. The first-order chi connectivity index (χ1) is 13.2. The van der Waals surface area contributed by atoms with Crippen LogP contribution < -0.4 is 9.80 Å². The molecule has 2 heterocycles. The number of anilines is 3. The molecule has 0 aromatic heterocycles. The largest absolute Gasteiger partial charge is 0.309 e. The molecule has 0 bridgehead atoms. The molecule has 2 aromatic carbocycles. The summed E-state index contributed by atoms with van der Waals surface area (Å²) in [4.78, 5) is 32.0. The molecule has 0 radical (unpaired) electrons. The molecule has 28 heavy (non-hydrogen) atoms. The third-order valence-corrected chi connectivity index (χ3v) is 5.50. The van der Waals surface area contributed by atoms with Crippen LogP contribution in [0.3, 0.4) is 0 Å². The Balaban J connectivity index is 0.00000225. The molecule has 148 valence electrons. The van der Waals surface area contributed by atoms with Crippen molar-refractivity contribution in [3.8, 4) is 0 Å². The van der Waals surface area contributed by atoms with Gasteiger partial charge in [-0.05, 0) is 50.2 Å². The molecular weight excluding hydrogens is 374 g/mol. The summed E-state index contributed by atoms with van der Waals surface area (Å²) in [6.45, 7) is 2.91. The van der Waals surface area contributed by atoms with E-state index in [2.05, 4.69) is 4.90 Å². The van der Waals surface area contributed by atoms with Gasteiger partial charge in [-0.2, -0.15) is 0 Å². The van der Waals surface area contributed by atoms with E-state index in [1.54, 1.807) is 22.9 Å². The summed E-state index contributed by atoms with van der Waals surface area (Å²) in [6.07, 6.45) is 4.15. The Labute approximate surface area is 172 Å². The van der Waals surface area contributed by atoms with Crippen molar-refractivity contribution in [2.45, 2.75) is 25.7 Å². The van der Waals surface area contributed by atoms with Gasteiger partial charge in [-0.3, -0.25) is 14.5 Å². The molecule has 0 atom stereocenters. The van der Waals surface area contributed by atoms with E-state index in [9.17, 15) is 9.59 Å². The normalized spacial score (nSPS) is 16.7. The number of amides is 2. The fraction of sp³-hybridized carbons (Fsp3) is 0.364. The lowest BCUT2D eigenvalue weighted by molar-refractivity contribution is -0.118. The first-order valence-electron chi connectivity index (χ1n) is 9.68. The number of carbonyl (C=O) groups is 2. The van der Waals surface area contributed by atoms with E-state index < -0.39 is 0 Å². The topological polar surface area (TPSA) is 43.9 Å². The van der Waals surface area contributed by atoms with Gasteiger partial charge in [0.25, 0.3) is 5.91 Å². The molecule has 4 rings (SSSR count). The van der Waals surface area contributed by atoms with Crippen LogP contribution in [-0.2, 0) is 4.79 Å². The second-order valence-electron chi connectivity index (χ2n) is 7.25. The number of nitrogens with zero attached hydrogens (tertiary/aromatic N) is 3. The molecule has 0 N–H and O–H groups in total. The van der Waals surface area contributed by atoms with Crippen molar-refractivity contribution in [1.82, 2.24) is 4.90 Å². The smallest absolute Gasteiger partial charge is 0.260 e. The average molecular weight is 400 g/mol. The van der Waals surface area contributed by atoms with Crippen molar-refractivity contribution in [2.75, 3.05) is 36.5 Å². The van der Waals surface area contributed by atoms with E-state index >= 15 is 0 Å². The third-order valence-electron chi connectivity index (χ3n) is 5.50. The number of para-hydroxylation sites is 3. The number of fused-ring (bicyclic) bond motifs is 2. The second-order valence-corrected chi connectivity index (χ2v) is 7.25. The fourth-order valence-corrected chi connectivity index (χ4v) is 4.02. The third kappa shape index (κ3) is 3.77. The molecule has 1 fully saturated rings. The zero-order valence-corrected chi connectivity index (χ0v) is 17.0. The van der Waals surface area contributed by atoms with Gasteiger partial charge in [-0.25, -0.2) is 0 Å². The lowest BCUT2D eigenvalue weighted by Crippen LogP contribution is -2.35. The minimum atomic E-state index is -0.0932. The first kappa shape index (κ1) is 20.4. The highest BCUT2D eigenvalue weighted by Gasteiger charge is 2.31.